The predicted octanol–water partition coefficient (Wildman–Crippen LogP) is 2.19. The van der Waals surface area contributed by atoms with Gasteiger partial charge in [0, 0.05) is 31.1 Å². The fourth-order valence-electron chi connectivity index (χ4n) is 2.94. The normalized spacial score (nSPS) is 17.1. The largest absolute Gasteiger partial charge is 0.367 e. The van der Waals surface area contributed by atoms with Gasteiger partial charge in [-0.2, -0.15) is 0 Å². The molecule has 0 spiro atoms. The van der Waals surface area contributed by atoms with Crippen molar-refractivity contribution in [3.05, 3.63) is 24.3 Å². The second-order valence-corrected chi connectivity index (χ2v) is 7.56. The molecule has 2 rings (SSSR count). The Morgan fingerprint density at radius 3 is 2.25 bits per heavy atom. The molecule has 0 aromatic heterocycles. The summed E-state index contributed by atoms with van der Waals surface area (Å²) in [6, 6.07) is 7.73. The molecular weight excluding hydrogens is 272 g/mol. The number of nitrogens with two attached hydrogens (primary N) is 1. The third kappa shape index (κ3) is 3.73. The molecule has 112 valence electrons. The molecule has 1 aliphatic carbocycles. The number of sulfone groups is 1. The van der Waals surface area contributed by atoms with Crippen LogP contribution in [0.5, 0.6) is 0 Å². The first-order valence-corrected chi connectivity index (χ1v) is 9.18. The van der Waals surface area contributed by atoms with Gasteiger partial charge < -0.3 is 10.6 Å². The molecule has 0 radical (unpaired) electrons. The van der Waals surface area contributed by atoms with Crippen LogP contribution in [0.4, 0.5) is 5.69 Å². The van der Waals surface area contributed by atoms with Gasteiger partial charge in [0.15, 0.2) is 9.84 Å². The maximum atomic E-state index is 11.5. The minimum atomic E-state index is -3.13. The van der Waals surface area contributed by atoms with Gasteiger partial charge in [0.2, 0.25) is 0 Å². The molecule has 4 nitrogen and oxygen atoms in total. The van der Waals surface area contributed by atoms with E-state index in [-0.39, 0.29) is 0 Å². The highest BCUT2D eigenvalue weighted by molar-refractivity contribution is 7.90. The zero-order valence-corrected chi connectivity index (χ0v) is 12.9. The Morgan fingerprint density at radius 1 is 1.15 bits per heavy atom. The molecule has 1 aromatic rings. The van der Waals surface area contributed by atoms with Crippen LogP contribution in [0.2, 0.25) is 0 Å². The Morgan fingerprint density at radius 2 is 1.75 bits per heavy atom. The van der Waals surface area contributed by atoms with Crippen LogP contribution in [0.1, 0.15) is 32.1 Å². The van der Waals surface area contributed by atoms with Gasteiger partial charge in [-0.05, 0) is 37.1 Å². The van der Waals surface area contributed by atoms with Crippen molar-refractivity contribution in [2.75, 3.05) is 24.2 Å². The Labute approximate surface area is 121 Å². The van der Waals surface area contributed by atoms with Crippen LogP contribution in [0, 0.1) is 0 Å². The summed E-state index contributed by atoms with van der Waals surface area (Å²) in [7, 11) is -3.13. The number of rotatable bonds is 5. The van der Waals surface area contributed by atoms with Gasteiger partial charge in [-0.25, -0.2) is 8.42 Å². The van der Waals surface area contributed by atoms with E-state index in [1.165, 1.54) is 38.4 Å². The fraction of sp³-hybridized carbons (Fsp3) is 0.600. The topological polar surface area (TPSA) is 63.4 Å². The van der Waals surface area contributed by atoms with Crippen molar-refractivity contribution in [3.63, 3.8) is 0 Å². The summed E-state index contributed by atoms with van der Waals surface area (Å²) < 4.78 is 23.0. The van der Waals surface area contributed by atoms with Gasteiger partial charge >= 0.3 is 0 Å². The van der Waals surface area contributed by atoms with E-state index in [1.54, 1.807) is 12.1 Å². The lowest BCUT2D eigenvalue weighted by Gasteiger charge is -2.36. The highest BCUT2D eigenvalue weighted by atomic mass is 32.2. The van der Waals surface area contributed by atoms with Crippen LogP contribution >= 0.6 is 0 Å². The monoisotopic (exact) mass is 296 g/mol. The fourth-order valence-corrected chi connectivity index (χ4v) is 3.57. The molecule has 1 aliphatic rings. The van der Waals surface area contributed by atoms with Gasteiger partial charge in [-0.3, -0.25) is 0 Å². The van der Waals surface area contributed by atoms with Crippen molar-refractivity contribution in [1.29, 1.82) is 0 Å². The summed E-state index contributed by atoms with van der Waals surface area (Å²) in [6.45, 7) is 1.44. The van der Waals surface area contributed by atoms with Crippen molar-refractivity contribution >= 4 is 15.5 Å². The van der Waals surface area contributed by atoms with Gasteiger partial charge in [-0.15, -0.1) is 0 Å². The van der Waals surface area contributed by atoms with E-state index in [2.05, 4.69) is 4.90 Å². The van der Waals surface area contributed by atoms with Crippen molar-refractivity contribution < 1.29 is 8.42 Å². The maximum Gasteiger partial charge on any atom is 0.175 e. The van der Waals surface area contributed by atoms with E-state index in [9.17, 15) is 8.42 Å². The van der Waals surface area contributed by atoms with E-state index in [0.29, 0.717) is 17.5 Å². The molecule has 0 atom stereocenters. The smallest absolute Gasteiger partial charge is 0.175 e. The minimum Gasteiger partial charge on any atom is -0.367 e. The molecule has 0 bridgehead atoms. The quantitative estimate of drug-likeness (QED) is 0.904. The molecule has 20 heavy (non-hydrogen) atoms. The number of nitrogens with zero attached hydrogens (tertiary/aromatic N) is 1. The molecule has 0 unspecified atom stereocenters. The van der Waals surface area contributed by atoms with E-state index in [1.807, 2.05) is 12.1 Å². The lowest BCUT2D eigenvalue weighted by molar-refractivity contribution is 0.416. The Hall–Kier alpha value is -1.07. The average molecular weight is 296 g/mol. The highest BCUT2D eigenvalue weighted by Gasteiger charge is 2.21. The van der Waals surface area contributed by atoms with Crippen LogP contribution in [-0.2, 0) is 9.84 Å². The zero-order valence-electron chi connectivity index (χ0n) is 12.1. The van der Waals surface area contributed by atoms with E-state index < -0.39 is 9.84 Å². The summed E-state index contributed by atoms with van der Waals surface area (Å²) in [4.78, 5) is 2.71. The van der Waals surface area contributed by atoms with Gasteiger partial charge in [0.25, 0.3) is 0 Å². The molecular formula is C15H24N2O2S. The summed E-state index contributed by atoms with van der Waals surface area (Å²) in [5.41, 5.74) is 6.81. The molecule has 5 heteroatoms. The zero-order chi connectivity index (χ0) is 14.6. The maximum absolute atomic E-state index is 11.5. The Kier molecular flexibility index (Phi) is 5.05. The molecule has 0 heterocycles. The van der Waals surface area contributed by atoms with Gasteiger partial charge in [-0.1, -0.05) is 19.3 Å². The van der Waals surface area contributed by atoms with E-state index in [4.69, 9.17) is 5.73 Å². The van der Waals surface area contributed by atoms with Crippen LogP contribution in [0.15, 0.2) is 29.2 Å². The number of anilines is 1. The molecule has 1 fully saturated rings. The van der Waals surface area contributed by atoms with Gasteiger partial charge in [0.05, 0.1) is 4.90 Å². The van der Waals surface area contributed by atoms with Crippen molar-refractivity contribution in [1.82, 2.24) is 0 Å². The SMILES string of the molecule is CS(=O)(=O)c1ccc(N(CCN)C2CCCCC2)cc1. The van der Waals surface area contributed by atoms with Crippen molar-refractivity contribution in [3.8, 4) is 0 Å². The van der Waals surface area contributed by atoms with Crippen molar-refractivity contribution in [2.45, 2.75) is 43.0 Å². The molecule has 1 saturated carbocycles. The number of hydrogen-bond acceptors (Lipinski definition) is 4. The summed E-state index contributed by atoms with van der Waals surface area (Å²) in [5, 5.41) is 0. The third-order valence-electron chi connectivity index (χ3n) is 3.98. The van der Waals surface area contributed by atoms with Crippen molar-refractivity contribution in [2.24, 2.45) is 5.73 Å². The summed E-state index contributed by atoms with van der Waals surface area (Å²) >= 11 is 0. The lowest BCUT2D eigenvalue weighted by atomic mass is 9.93. The standard InChI is InChI=1S/C15H24N2O2S/c1-20(18,19)15-9-7-14(8-10-15)17(12-11-16)13-5-3-2-4-6-13/h7-10,13H,2-6,11-12,16H2,1H3. The number of hydrogen-bond donors (Lipinski definition) is 1. The second-order valence-electron chi connectivity index (χ2n) is 5.54. The van der Waals surface area contributed by atoms with E-state index >= 15 is 0 Å². The average Bonchev–Trinajstić information content (AvgIpc) is 2.45. The molecule has 2 N–H and O–H groups in total. The van der Waals surface area contributed by atoms with Crippen LogP contribution in [-0.4, -0.2) is 33.8 Å². The predicted molar refractivity (Wildman–Crippen MR) is 82.8 cm³/mol. The molecule has 0 aliphatic heterocycles. The Bertz CT molecular complexity index is 519. The molecule has 1 aromatic carbocycles. The Balaban J connectivity index is 2.20. The first kappa shape index (κ1) is 15.3. The van der Waals surface area contributed by atoms with Crippen LogP contribution in [0.25, 0.3) is 0 Å². The van der Waals surface area contributed by atoms with Gasteiger partial charge in [0.1, 0.15) is 0 Å². The first-order valence-electron chi connectivity index (χ1n) is 7.29. The molecule has 0 saturated heterocycles. The number of benzene rings is 1. The lowest BCUT2D eigenvalue weighted by Crippen LogP contribution is -2.40. The van der Waals surface area contributed by atoms with E-state index in [0.717, 1.165) is 12.2 Å². The first-order chi connectivity index (χ1) is 9.52. The summed E-state index contributed by atoms with van der Waals surface area (Å²) in [6.07, 6.45) is 7.50. The third-order valence-corrected chi connectivity index (χ3v) is 5.11. The van der Waals surface area contributed by atoms with Crippen LogP contribution in [0.3, 0.4) is 0 Å². The molecule has 0 amide bonds. The summed E-state index contributed by atoms with van der Waals surface area (Å²) in [5.74, 6) is 0. The van der Waals surface area contributed by atoms with Crippen LogP contribution < -0.4 is 10.6 Å². The minimum absolute atomic E-state index is 0.373. The highest BCUT2D eigenvalue weighted by Crippen LogP contribution is 2.27. The second kappa shape index (κ2) is 6.59.